The first-order chi connectivity index (χ1) is 9.56. The fourth-order valence-electron chi connectivity index (χ4n) is 2.42. The number of nitrogens with zero attached hydrogens (tertiary/aromatic N) is 2. The van der Waals surface area contributed by atoms with E-state index in [0.29, 0.717) is 38.0 Å². The van der Waals surface area contributed by atoms with Crippen LogP contribution in [0.25, 0.3) is 0 Å². The molecule has 0 aromatic heterocycles. The number of likely N-dealkylation sites (tertiary alicyclic amines) is 1. The number of aliphatic hydroxyl groups excluding tert-OH is 1. The number of likely N-dealkylation sites (N-methyl/N-ethyl adjacent to an activating group) is 1. The zero-order chi connectivity index (χ0) is 14.5. The van der Waals surface area contributed by atoms with Crippen LogP contribution >= 0.6 is 0 Å². The molecule has 1 aliphatic heterocycles. The van der Waals surface area contributed by atoms with Crippen molar-refractivity contribution in [2.24, 2.45) is 0 Å². The Labute approximate surface area is 118 Å². The van der Waals surface area contributed by atoms with Gasteiger partial charge in [0.15, 0.2) is 0 Å². The highest BCUT2D eigenvalue weighted by atomic mass is 19.1. The fraction of sp³-hybridized carbons (Fsp3) is 0.533. The maximum Gasteiger partial charge on any atom is 0.236 e. The van der Waals surface area contributed by atoms with Crippen molar-refractivity contribution in [2.75, 3.05) is 26.7 Å². The number of carbonyl (C=O) groups is 1. The summed E-state index contributed by atoms with van der Waals surface area (Å²) < 4.78 is 13.5. The summed E-state index contributed by atoms with van der Waals surface area (Å²) in [5.74, 6) is -0.205. The molecule has 110 valence electrons. The summed E-state index contributed by atoms with van der Waals surface area (Å²) in [6.45, 7) is 1.89. The van der Waals surface area contributed by atoms with E-state index in [1.807, 2.05) is 11.9 Å². The number of hydrogen-bond donors (Lipinski definition) is 1. The monoisotopic (exact) mass is 280 g/mol. The molecule has 0 radical (unpaired) electrons. The largest absolute Gasteiger partial charge is 0.393 e. The molecule has 1 aromatic rings. The molecule has 0 saturated carbocycles. The van der Waals surface area contributed by atoms with E-state index in [1.54, 1.807) is 23.1 Å². The Morgan fingerprint density at radius 1 is 1.40 bits per heavy atom. The summed E-state index contributed by atoms with van der Waals surface area (Å²) >= 11 is 0. The molecule has 0 aliphatic carbocycles. The van der Waals surface area contributed by atoms with Crippen LogP contribution in [-0.4, -0.2) is 53.6 Å². The molecule has 0 bridgehead atoms. The lowest BCUT2D eigenvalue weighted by molar-refractivity contribution is -0.134. The first kappa shape index (κ1) is 14.9. The van der Waals surface area contributed by atoms with E-state index >= 15 is 0 Å². The summed E-state index contributed by atoms with van der Waals surface area (Å²) in [4.78, 5) is 15.7. The van der Waals surface area contributed by atoms with Crippen LogP contribution in [-0.2, 0) is 11.3 Å². The van der Waals surface area contributed by atoms with Crippen molar-refractivity contribution in [3.05, 3.63) is 35.6 Å². The van der Waals surface area contributed by atoms with Gasteiger partial charge in [0.25, 0.3) is 0 Å². The van der Waals surface area contributed by atoms with Crippen LogP contribution in [0.1, 0.15) is 18.4 Å². The number of benzene rings is 1. The summed E-state index contributed by atoms with van der Waals surface area (Å²) in [5, 5.41) is 9.43. The first-order valence-electron chi connectivity index (χ1n) is 6.94. The Morgan fingerprint density at radius 3 is 2.70 bits per heavy atom. The Bertz CT molecular complexity index is 459. The summed E-state index contributed by atoms with van der Waals surface area (Å²) in [5.41, 5.74) is 0.594. The Balaban J connectivity index is 1.83. The zero-order valence-electron chi connectivity index (χ0n) is 11.8. The second-order valence-corrected chi connectivity index (χ2v) is 5.38. The maximum atomic E-state index is 13.5. The second-order valence-electron chi connectivity index (χ2n) is 5.38. The van der Waals surface area contributed by atoms with Crippen LogP contribution in [0.4, 0.5) is 4.39 Å². The molecule has 4 nitrogen and oxygen atoms in total. The van der Waals surface area contributed by atoms with Crippen molar-refractivity contribution in [3.8, 4) is 0 Å². The number of piperidine rings is 1. The van der Waals surface area contributed by atoms with E-state index in [-0.39, 0.29) is 24.4 Å². The van der Waals surface area contributed by atoms with Crippen LogP contribution in [0.3, 0.4) is 0 Å². The van der Waals surface area contributed by atoms with E-state index in [2.05, 4.69) is 0 Å². The fourth-order valence-corrected chi connectivity index (χ4v) is 2.42. The van der Waals surface area contributed by atoms with Crippen molar-refractivity contribution in [1.82, 2.24) is 9.80 Å². The molecule has 1 saturated heterocycles. The van der Waals surface area contributed by atoms with Crippen molar-refractivity contribution in [1.29, 1.82) is 0 Å². The normalized spacial score (nSPS) is 16.7. The summed E-state index contributed by atoms with van der Waals surface area (Å²) in [7, 11) is 1.81. The third-order valence-electron chi connectivity index (χ3n) is 3.62. The van der Waals surface area contributed by atoms with E-state index in [9.17, 15) is 14.3 Å². The van der Waals surface area contributed by atoms with Crippen molar-refractivity contribution < 1.29 is 14.3 Å². The Hall–Kier alpha value is -1.46. The van der Waals surface area contributed by atoms with Gasteiger partial charge in [-0.25, -0.2) is 4.39 Å². The minimum atomic E-state index is -0.282. The van der Waals surface area contributed by atoms with Gasteiger partial charge in [-0.15, -0.1) is 0 Å². The van der Waals surface area contributed by atoms with Gasteiger partial charge >= 0.3 is 0 Å². The van der Waals surface area contributed by atoms with E-state index < -0.39 is 0 Å². The SMILES string of the molecule is CN(CC(=O)N1CCC(O)CC1)Cc1ccccc1F. The number of hydrogen-bond acceptors (Lipinski definition) is 3. The second kappa shape index (κ2) is 6.81. The van der Waals surface area contributed by atoms with Gasteiger partial charge in [-0.3, -0.25) is 9.69 Å². The zero-order valence-corrected chi connectivity index (χ0v) is 11.8. The van der Waals surface area contributed by atoms with E-state index in [1.165, 1.54) is 6.07 Å². The van der Waals surface area contributed by atoms with Crippen molar-refractivity contribution in [2.45, 2.75) is 25.5 Å². The highest BCUT2D eigenvalue weighted by Gasteiger charge is 2.22. The van der Waals surface area contributed by atoms with Crippen LogP contribution in [0.2, 0.25) is 0 Å². The molecule has 2 rings (SSSR count). The number of carbonyl (C=O) groups excluding carboxylic acids is 1. The number of halogens is 1. The quantitative estimate of drug-likeness (QED) is 0.902. The molecule has 5 heteroatoms. The van der Waals surface area contributed by atoms with Gasteiger partial charge < -0.3 is 10.0 Å². The highest BCUT2D eigenvalue weighted by Crippen LogP contribution is 2.12. The molecular formula is C15H21FN2O2. The minimum Gasteiger partial charge on any atom is -0.393 e. The summed E-state index contributed by atoms with van der Waals surface area (Å²) in [6, 6.07) is 6.60. The van der Waals surface area contributed by atoms with Gasteiger partial charge in [0.2, 0.25) is 5.91 Å². The molecule has 0 spiro atoms. The van der Waals surface area contributed by atoms with Gasteiger partial charge in [-0.2, -0.15) is 0 Å². The molecular weight excluding hydrogens is 259 g/mol. The number of amides is 1. The topological polar surface area (TPSA) is 43.8 Å². The van der Waals surface area contributed by atoms with Crippen LogP contribution in [0.5, 0.6) is 0 Å². The van der Waals surface area contributed by atoms with Gasteiger partial charge in [-0.05, 0) is 26.0 Å². The molecule has 1 amide bonds. The highest BCUT2D eigenvalue weighted by molar-refractivity contribution is 5.78. The van der Waals surface area contributed by atoms with Crippen LogP contribution < -0.4 is 0 Å². The van der Waals surface area contributed by atoms with Crippen LogP contribution in [0, 0.1) is 5.82 Å². The lowest BCUT2D eigenvalue weighted by Crippen LogP contribution is -2.44. The lowest BCUT2D eigenvalue weighted by Gasteiger charge is -2.31. The van der Waals surface area contributed by atoms with Gasteiger partial charge in [0.1, 0.15) is 5.82 Å². The standard InChI is InChI=1S/C15H21FN2O2/c1-17(10-12-4-2-3-5-14(12)16)11-15(20)18-8-6-13(19)7-9-18/h2-5,13,19H,6-11H2,1H3. The average molecular weight is 280 g/mol. The van der Waals surface area contributed by atoms with Gasteiger partial charge in [0, 0.05) is 25.2 Å². The van der Waals surface area contributed by atoms with Gasteiger partial charge in [0.05, 0.1) is 12.6 Å². The maximum absolute atomic E-state index is 13.5. The predicted molar refractivity (Wildman–Crippen MR) is 74.6 cm³/mol. The molecule has 20 heavy (non-hydrogen) atoms. The van der Waals surface area contributed by atoms with Crippen LogP contribution in [0.15, 0.2) is 24.3 Å². The molecule has 1 N–H and O–H groups in total. The lowest BCUT2D eigenvalue weighted by atomic mass is 10.1. The Morgan fingerprint density at radius 2 is 2.05 bits per heavy atom. The smallest absolute Gasteiger partial charge is 0.236 e. The predicted octanol–water partition coefficient (Wildman–Crippen LogP) is 1.24. The summed E-state index contributed by atoms with van der Waals surface area (Å²) in [6.07, 6.45) is 1.00. The molecule has 1 aromatic carbocycles. The molecule has 0 unspecified atom stereocenters. The van der Waals surface area contributed by atoms with Gasteiger partial charge in [-0.1, -0.05) is 18.2 Å². The number of aliphatic hydroxyl groups is 1. The Kier molecular flexibility index (Phi) is 5.09. The van der Waals surface area contributed by atoms with E-state index in [0.717, 1.165) is 0 Å². The van der Waals surface area contributed by atoms with Crippen molar-refractivity contribution >= 4 is 5.91 Å². The van der Waals surface area contributed by atoms with E-state index in [4.69, 9.17) is 0 Å². The first-order valence-corrected chi connectivity index (χ1v) is 6.94. The third-order valence-corrected chi connectivity index (χ3v) is 3.62. The molecule has 0 atom stereocenters. The number of rotatable bonds is 4. The van der Waals surface area contributed by atoms with Crippen molar-refractivity contribution in [3.63, 3.8) is 0 Å². The molecule has 1 aliphatic rings. The third kappa shape index (κ3) is 4.02. The minimum absolute atomic E-state index is 0.0377. The average Bonchev–Trinajstić information content (AvgIpc) is 2.42. The molecule has 1 fully saturated rings. The molecule has 1 heterocycles.